The molecular formula is C17H18ClN3O2S. The van der Waals surface area contributed by atoms with E-state index in [2.05, 4.69) is 5.32 Å². The number of halogens is 1. The van der Waals surface area contributed by atoms with E-state index in [1.54, 1.807) is 12.1 Å². The van der Waals surface area contributed by atoms with Gasteiger partial charge in [-0.15, -0.1) is 0 Å². The molecule has 0 spiro atoms. The Labute approximate surface area is 149 Å². The van der Waals surface area contributed by atoms with Gasteiger partial charge in [0.2, 0.25) is 5.91 Å². The predicted molar refractivity (Wildman–Crippen MR) is 96.7 cm³/mol. The Morgan fingerprint density at radius 3 is 2.54 bits per heavy atom. The highest BCUT2D eigenvalue weighted by Crippen LogP contribution is 2.20. The van der Waals surface area contributed by atoms with Crippen molar-refractivity contribution < 1.29 is 9.59 Å². The highest BCUT2D eigenvalue weighted by atomic mass is 35.5. The molecule has 1 aromatic heterocycles. The normalized spacial score (nSPS) is 15.3. The maximum Gasteiger partial charge on any atom is 0.254 e. The lowest BCUT2D eigenvalue weighted by Crippen LogP contribution is -2.50. The van der Waals surface area contributed by atoms with Gasteiger partial charge in [0, 0.05) is 31.6 Å². The van der Waals surface area contributed by atoms with Crippen LogP contribution in [-0.2, 0) is 4.79 Å². The third-order valence-electron chi connectivity index (χ3n) is 3.94. The first-order chi connectivity index (χ1) is 11.6. The lowest BCUT2D eigenvalue weighted by atomic mass is 10.2. The molecule has 1 N–H and O–H groups in total. The Morgan fingerprint density at radius 2 is 1.88 bits per heavy atom. The summed E-state index contributed by atoms with van der Waals surface area (Å²) in [5.74, 6) is -0.0304. The summed E-state index contributed by atoms with van der Waals surface area (Å²) in [6.07, 6.45) is 0. The van der Waals surface area contributed by atoms with Crippen LogP contribution in [0.5, 0.6) is 0 Å². The first-order valence-corrected chi connectivity index (χ1v) is 9.04. The number of para-hydroxylation sites is 1. The van der Waals surface area contributed by atoms with Crippen LogP contribution in [0.2, 0.25) is 5.02 Å². The van der Waals surface area contributed by atoms with Crippen molar-refractivity contribution in [1.29, 1.82) is 0 Å². The van der Waals surface area contributed by atoms with Crippen LogP contribution in [0.1, 0.15) is 10.4 Å². The zero-order valence-corrected chi connectivity index (χ0v) is 14.6. The van der Waals surface area contributed by atoms with Crippen LogP contribution in [-0.4, -0.2) is 54.3 Å². The summed E-state index contributed by atoms with van der Waals surface area (Å²) in [7, 11) is 0. The number of nitrogens with one attached hydrogen (secondary N) is 1. The van der Waals surface area contributed by atoms with Gasteiger partial charge < -0.3 is 10.2 Å². The van der Waals surface area contributed by atoms with E-state index < -0.39 is 0 Å². The smallest absolute Gasteiger partial charge is 0.254 e. The van der Waals surface area contributed by atoms with Gasteiger partial charge in [-0.1, -0.05) is 23.7 Å². The zero-order valence-electron chi connectivity index (χ0n) is 13.1. The highest BCUT2D eigenvalue weighted by molar-refractivity contribution is 7.08. The molecule has 0 unspecified atom stereocenters. The van der Waals surface area contributed by atoms with Gasteiger partial charge in [-0.2, -0.15) is 11.3 Å². The number of carbonyl (C=O) groups excluding carboxylic acids is 2. The number of hydrogen-bond donors (Lipinski definition) is 1. The monoisotopic (exact) mass is 363 g/mol. The average molecular weight is 364 g/mol. The molecule has 1 fully saturated rings. The number of piperazine rings is 1. The van der Waals surface area contributed by atoms with Gasteiger partial charge in [0.05, 0.1) is 22.8 Å². The summed E-state index contributed by atoms with van der Waals surface area (Å²) in [4.78, 5) is 28.3. The fourth-order valence-corrected chi connectivity index (χ4v) is 3.45. The Balaban J connectivity index is 1.48. The molecule has 5 nitrogen and oxygen atoms in total. The first kappa shape index (κ1) is 17.0. The molecule has 1 saturated heterocycles. The predicted octanol–water partition coefficient (Wildman–Crippen LogP) is 2.80. The topological polar surface area (TPSA) is 52.7 Å². The number of rotatable bonds is 4. The Kier molecular flexibility index (Phi) is 5.50. The van der Waals surface area contributed by atoms with Crippen LogP contribution in [0.25, 0.3) is 0 Å². The fraction of sp³-hybridized carbons (Fsp3) is 0.294. The molecule has 2 heterocycles. The lowest BCUT2D eigenvalue weighted by Gasteiger charge is -2.34. The molecule has 24 heavy (non-hydrogen) atoms. The summed E-state index contributed by atoms with van der Waals surface area (Å²) in [5.41, 5.74) is 1.36. The quantitative estimate of drug-likeness (QED) is 0.908. The third-order valence-corrected chi connectivity index (χ3v) is 4.96. The molecule has 1 aromatic carbocycles. The second kappa shape index (κ2) is 7.79. The minimum absolute atomic E-state index is 0.0661. The highest BCUT2D eigenvalue weighted by Gasteiger charge is 2.23. The van der Waals surface area contributed by atoms with E-state index in [4.69, 9.17) is 11.6 Å². The third kappa shape index (κ3) is 4.14. The SMILES string of the molecule is O=C(CN1CCN(C(=O)c2ccsc2)CC1)Nc1ccccc1Cl. The van der Waals surface area contributed by atoms with Crippen molar-refractivity contribution >= 4 is 40.4 Å². The largest absolute Gasteiger partial charge is 0.336 e. The van der Waals surface area contributed by atoms with Crippen molar-refractivity contribution in [3.8, 4) is 0 Å². The van der Waals surface area contributed by atoms with E-state index in [1.807, 2.05) is 38.8 Å². The number of thiophene rings is 1. The molecule has 0 atom stereocenters. The number of anilines is 1. The van der Waals surface area contributed by atoms with Gasteiger partial charge in [-0.05, 0) is 23.6 Å². The van der Waals surface area contributed by atoms with Crippen molar-refractivity contribution in [3.63, 3.8) is 0 Å². The second-order valence-electron chi connectivity index (χ2n) is 5.61. The number of amides is 2. The van der Waals surface area contributed by atoms with Gasteiger partial charge in [-0.3, -0.25) is 14.5 Å². The van der Waals surface area contributed by atoms with Crippen LogP contribution < -0.4 is 5.32 Å². The molecule has 0 saturated carbocycles. The van der Waals surface area contributed by atoms with Crippen LogP contribution in [0.3, 0.4) is 0 Å². The lowest BCUT2D eigenvalue weighted by molar-refractivity contribution is -0.117. The Bertz CT molecular complexity index is 712. The van der Waals surface area contributed by atoms with Crippen LogP contribution >= 0.6 is 22.9 Å². The molecule has 0 aliphatic carbocycles. The molecule has 7 heteroatoms. The second-order valence-corrected chi connectivity index (χ2v) is 6.80. The van der Waals surface area contributed by atoms with Crippen LogP contribution in [0, 0.1) is 0 Å². The van der Waals surface area contributed by atoms with E-state index in [1.165, 1.54) is 11.3 Å². The van der Waals surface area contributed by atoms with Crippen molar-refractivity contribution in [3.05, 3.63) is 51.7 Å². The maximum absolute atomic E-state index is 12.3. The van der Waals surface area contributed by atoms with Gasteiger partial charge in [0.15, 0.2) is 0 Å². The maximum atomic E-state index is 12.3. The summed E-state index contributed by atoms with van der Waals surface area (Å²) in [5, 5.41) is 7.12. The molecule has 0 radical (unpaired) electrons. The van der Waals surface area contributed by atoms with Crippen molar-refractivity contribution in [1.82, 2.24) is 9.80 Å². The average Bonchev–Trinajstić information content (AvgIpc) is 3.11. The zero-order chi connectivity index (χ0) is 16.9. The van der Waals surface area contributed by atoms with E-state index in [9.17, 15) is 9.59 Å². The summed E-state index contributed by atoms with van der Waals surface area (Å²) in [6, 6.07) is 9.01. The van der Waals surface area contributed by atoms with Gasteiger partial charge in [-0.25, -0.2) is 0 Å². The molecule has 2 aromatic rings. The van der Waals surface area contributed by atoms with Crippen molar-refractivity contribution in [2.24, 2.45) is 0 Å². The van der Waals surface area contributed by atoms with Crippen LogP contribution in [0.4, 0.5) is 5.69 Å². The molecule has 1 aliphatic rings. The van der Waals surface area contributed by atoms with Crippen LogP contribution in [0.15, 0.2) is 41.1 Å². The minimum Gasteiger partial charge on any atom is -0.336 e. The number of nitrogens with zero attached hydrogens (tertiary/aromatic N) is 2. The summed E-state index contributed by atoms with van der Waals surface area (Å²) in [6.45, 7) is 2.94. The van der Waals surface area contributed by atoms with Gasteiger partial charge in [0.1, 0.15) is 0 Å². The molecular weight excluding hydrogens is 346 g/mol. The first-order valence-electron chi connectivity index (χ1n) is 7.71. The van der Waals surface area contributed by atoms with E-state index in [0.29, 0.717) is 43.4 Å². The summed E-state index contributed by atoms with van der Waals surface area (Å²) < 4.78 is 0. The molecule has 2 amide bonds. The Morgan fingerprint density at radius 1 is 1.12 bits per heavy atom. The standard InChI is InChI=1S/C17H18ClN3O2S/c18-14-3-1-2-4-15(14)19-16(22)11-20-6-8-21(9-7-20)17(23)13-5-10-24-12-13/h1-5,10,12H,6-9,11H2,(H,19,22). The summed E-state index contributed by atoms with van der Waals surface area (Å²) >= 11 is 7.56. The van der Waals surface area contributed by atoms with Gasteiger partial charge >= 0.3 is 0 Å². The van der Waals surface area contributed by atoms with E-state index in [0.717, 1.165) is 5.56 Å². The number of carbonyl (C=O) groups is 2. The minimum atomic E-state index is -0.0966. The van der Waals surface area contributed by atoms with E-state index >= 15 is 0 Å². The fourth-order valence-electron chi connectivity index (χ4n) is 2.63. The van der Waals surface area contributed by atoms with Crippen molar-refractivity contribution in [2.75, 3.05) is 38.0 Å². The molecule has 0 bridgehead atoms. The number of benzene rings is 1. The molecule has 3 rings (SSSR count). The molecule has 1 aliphatic heterocycles. The van der Waals surface area contributed by atoms with Crippen molar-refractivity contribution in [2.45, 2.75) is 0 Å². The van der Waals surface area contributed by atoms with E-state index in [-0.39, 0.29) is 11.8 Å². The number of hydrogen-bond acceptors (Lipinski definition) is 4. The Hall–Kier alpha value is -1.89. The molecule has 126 valence electrons. The van der Waals surface area contributed by atoms with Gasteiger partial charge in [0.25, 0.3) is 5.91 Å².